The Hall–Kier alpha value is -0.870. The molecule has 3 rings (SSSR count). The molecule has 1 aromatic heterocycles. The zero-order valence-electron chi connectivity index (χ0n) is 12.2. The summed E-state index contributed by atoms with van der Waals surface area (Å²) in [6.07, 6.45) is 12.0. The number of piperidine rings is 1. The maximum atomic E-state index is 4.40. The maximum absolute atomic E-state index is 4.40. The number of hydrogen-bond acceptors (Lipinski definition) is 3. The van der Waals surface area contributed by atoms with Crippen LogP contribution in [0.1, 0.15) is 50.3 Å². The highest BCUT2D eigenvalue weighted by atomic mass is 15.2. The van der Waals surface area contributed by atoms with Gasteiger partial charge in [0.15, 0.2) is 0 Å². The van der Waals surface area contributed by atoms with E-state index in [-0.39, 0.29) is 0 Å². The molecule has 0 amide bonds. The lowest BCUT2D eigenvalue weighted by atomic mass is 9.75. The van der Waals surface area contributed by atoms with E-state index in [4.69, 9.17) is 0 Å². The molecule has 4 heteroatoms. The lowest BCUT2D eigenvalue weighted by molar-refractivity contribution is 0.0411. The van der Waals surface area contributed by atoms with E-state index < -0.39 is 0 Å². The summed E-state index contributed by atoms with van der Waals surface area (Å²) in [5.41, 5.74) is 1.75. The highest BCUT2D eigenvalue weighted by molar-refractivity contribution is 5.09. The Morgan fingerprint density at radius 2 is 2.21 bits per heavy atom. The zero-order chi connectivity index (χ0) is 13.3. The van der Waals surface area contributed by atoms with Crippen LogP contribution >= 0.6 is 0 Å². The molecule has 0 radical (unpaired) electrons. The van der Waals surface area contributed by atoms with Crippen LogP contribution in [0.25, 0.3) is 0 Å². The molecule has 0 spiro atoms. The zero-order valence-corrected chi connectivity index (χ0v) is 12.2. The second kappa shape index (κ2) is 5.25. The molecule has 2 fully saturated rings. The number of aromatic nitrogens is 2. The maximum Gasteiger partial charge on any atom is 0.0949 e. The molecule has 1 aliphatic heterocycles. The van der Waals surface area contributed by atoms with E-state index in [9.17, 15) is 0 Å². The van der Waals surface area contributed by atoms with Gasteiger partial charge in [-0.25, -0.2) is 4.98 Å². The van der Waals surface area contributed by atoms with Crippen molar-refractivity contribution in [2.75, 3.05) is 20.6 Å². The Morgan fingerprint density at radius 3 is 2.79 bits per heavy atom. The van der Waals surface area contributed by atoms with E-state index in [1.165, 1.54) is 44.2 Å². The van der Waals surface area contributed by atoms with Gasteiger partial charge in [0, 0.05) is 24.3 Å². The predicted molar refractivity (Wildman–Crippen MR) is 77.1 cm³/mol. The molecule has 1 atom stereocenters. The monoisotopic (exact) mass is 262 g/mol. The second-order valence-electron chi connectivity index (χ2n) is 6.42. The van der Waals surface area contributed by atoms with Gasteiger partial charge in [0.2, 0.25) is 0 Å². The summed E-state index contributed by atoms with van der Waals surface area (Å²) >= 11 is 0. The van der Waals surface area contributed by atoms with Crippen LogP contribution in [0.2, 0.25) is 0 Å². The van der Waals surface area contributed by atoms with Gasteiger partial charge in [0.25, 0.3) is 0 Å². The normalized spacial score (nSPS) is 26.4. The second-order valence-corrected chi connectivity index (χ2v) is 6.42. The van der Waals surface area contributed by atoms with Gasteiger partial charge in [-0.1, -0.05) is 6.42 Å². The van der Waals surface area contributed by atoms with Gasteiger partial charge in [-0.15, -0.1) is 0 Å². The SMILES string of the molecule is CN(C)C1(Cn2cncc2C2CCCCN2)CCC1. The number of imidazole rings is 1. The molecule has 2 heterocycles. The summed E-state index contributed by atoms with van der Waals surface area (Å²) < 4.78 is 2.39. The molecule has 106 valence electrons. The lowest BCUT2D eigenvalue weighted by Crippen LogP contribution is -2.53. The van der Waals surface area contributed by atoms with Crippen molar-refractivity contribution in [2.45, 2.75) is 56.7 Å². The van der Waals surface area contributed by atoms with Crippen LogP contribution < -0.4 is 5.32 Å². The van der Waals surface area contributed by atoms with Crippen molar-refractivity contribution >= 4 is 0 Å². The van der Waals surface area contributed by atoms with Gasteiger partial charge in [0.1, 0.15) is 0 Å². The molecule has 1 aliphatic carbocycles. The van der Waals surface area contributed by atoms with Crippen LogP contribution in [0.15, 0.2) is 12.5 Å². The molecular weight excluding hydrogens is 236 g/mol. The van der Waals surface area contributed by atoms with Crippen molar-refractivity contribution < 1.29 is 0 Å². The molecular formula is C15H26N4. The van der Waals surface area contributed by atoms with Crippen molar-refractivity contribution in [1.29, 1.82) is 0 Å². The molecule has 1 N–H and O–H groups in total. The van der Waals surface area contributed by atoms with E-state index in [2.05, 4.69) is 40.1 Å². The van der Waals surface area contributed by atoms with E-state index in [0.717, 1.165) is 13.1 Å². The largest absolute Gasteiger partial charge is 0.331 e. The molecule has 1 unspecified atom stereocenters. The molecule has 1 saturated heterocycles. The third kappa shape index (κ3) is 2.43. The van der Waals surface area contributed by atoms with Gasteiger partial charge in [-0.05, 0) is 52.7 Å². The fourth-order valence-electron chi connectivity index (χ4n) is 3.51. The Kier molecular flexibility index (Phi) is 3.63. The summed E-state index contributed by atoms with van der Waals surface area (Å²) in [5.74, 6) is 0. The Morgan fingerprint density at radius 1 is 1.37 bits per heavy atom. The molecule has 4 nitrogen and oxygen atoms in total. The van der Waals surface area contributed by atoms with Crippen molar-refractivity contribution in [3.63, 3.8) is 0 Å². The minimum absolute atomic E-state index is 0.365. The highest BCUT2D eigenvalue weighted by Gasteiger charge is 2.39. The highest BCUT2D eigenvalue weighted by Crippen LogP contribution is 2.38. The molecule has 2 aliphatic rings. The van der Waals surface area contributed by atoms with Crippen LogP contribution in [0.5, 0.6) is 0 Å². The summed E-state index contributed by atoms with van der Waals surface area (Å²) in [6, 6.07) is 0.510. The summed E-state index contributed by atoms with van der Waals surface area (Å²) in [5, 5.41) is 3.64. The van der Waals surface area contributed by atoms with Crippen LogP contribution in [0, 0.1) is 0 Å². The summed E-state index contributed by atoms with van der Waals surface area (Å²) in [4.78, 5) is 6.81. The van der Waals surface area contributed by atoms with E-state index in [1.807, 2.05) is 6.33 Å². The quantitative estimate of drug-likeness (QED) is 0.903. The number of likely N-dealkylation sites (N-methyl/N-ethyl adjacent to an activating group) is 1. The smallest absolute Gasteiger partial charge is 0.0949 e. The summed E-state index contributed by atoms with van der Waals surface area (Å²) in [7, 11) is 4.43. The molecule has 0 aromatic carbocycles. The average Bonchev–Trinajstić information content (AvgIpc) is 2.82. The van der Waals surface area contributed by atoms with E-state index >= 15 is 0 Å². The standard InChI is InChI=1S/C15H26N4/c1-18(2)15(7-5-8-15)11-19-12-16-10-14(19)13-6-3-4-9-17-13/h10,12-13,17H,3-9,11H2,1-2H3. The third-order valence-corrected chi connectivity index (χ3v) is 5.11. The van der Waals surface area contributed by atoms with Crippen molar-refractivity contribution in [3.8, 4) is 0 Å². The number of nitrogens with zero attached hydrogens (tertiary/aromatic N) is 3. The Balaban J connectivity index is 1.76. The summed E-state index contributed by atoms with van der Waals surface area (Å²) in [6.45, 7) is 2.24. The first-order chi connectivity index (χ1) is 9.21. The Labute approximate surface area is 116 Å². The number of rotatable bonds is 4. The van der Waals surface area contributed by atoms with Crippen molar-refractivity contribution in [2.24, 2.45) is 0 Å². The molecule has 0 bridgehead atoms. The Bertz CT molecular complexity index is 414. The van der Waals surface area contributed by atoms with Crippen LogP contribution in [0.3, 0.4) is 0 Å². The minimum atomic E-state index is 0.365. The third-order valence-electron chi connectivity index (χ3n) is 5.11. The van der Waals surface area contributed by atoms with Crippen molar-refractivity contribution in [3.05, 3.63) is 18.2 Å². The lowest BCUT2D eigenvalue weighted by Gasteiger charge is -2.48. The van der Waals surface area contributed by atoms with E-state index in [1.54, 1.807) is 0 Å². The first-order valence-corrected chi connectivity index (χ1v) is 7.62. The van der Waals surface area contributed by atoms with Crippen LogP contribution in [0.4, 0.5) is 0 Å². The van der Waals surface area contributed by atoms with Crippen molar-refractivity contribution in [1.82, 2.24) is 19.8 Å². The van der Waals surface area contributed by atoms with Gasteiger partial charge >= 0.3 is 0 Å². The predicted octanol–water partition coefficient (Wildman–Crippen LogP) is 2.18. The van der Waals surface area contributed by atoms with Crippen LogP contribution in [-0.4, -0.2) is 40.6 Å². The first kappa shape index (κ1) is 13.1. The van der Waals surface area contributed by atoms with Gasteiger partial charge in [0.05, 0.1) is 12.0 Å². The first-order valence-electron chi connectivity index (χ1n) is 7.62. The number of hydrogen-bond donors (Lipinski definition) is 1. The molecule has 19 heavy (non-hydrogen) atoms. The number of nitrogens with one attached hydrogen (secondary N) is 1. The van der Waals surface area contributed by atoms with Gasteiger partial charge in [-0.3, -0.25) is 0 Å². The fourth-order valence-corrected chi connectivity index (χ4v) is 3.51. The van der Waals surface area contributed by atoms with Crippen LogP contribution in [-0.2, 0) is 6.54 Å². The minimum Gasteiger partial charge on any atom is -0.331 e. The van der Waals surface area contributed by atoms with E-state index in [0.29, 0.717) is 11.6 Å². The van der Waals surface area contributed by atoms with Gasteiger partial charge in [-0.2, -0.15) is 0 Å². The average molecular weight is 262 g/mol. The topological polar surface area (TPSA) is 33.1 Å². The fraction of sp³-hybridized carbons (Fsp3) is 0.800. The van der Waals surface area contributed by atoms with Gasteiger partial charge < -0.3 is 14.8 Å². The molecule has 1 saturated carbocycles. The molecule has 1 aromatic rings.